The van der Waals surface area contributed by atoms with Crippen LogP contribution < -0.4 is 5.73 Å². The highest BCUT2D eigenvalue weighted by Crippen LogP contribution is 2.34. The molecule has 3 aromatic heterocycles. The number of nitrogen functional groups attached to an aromatic ring is 1. The number of hydrogen-bond acceptors (Lipinski definition) is 7. The summed E-state index contributed by atoms with van der Waals surface area (Å²) in [5.41, 5.74) is 9.75. The molecule has 0 bridgehead atoms. The van der Waals surface area contributed by atoms with Crippen LogP contribution in [0, 0.1) is 11.3 Å². The highest BCUT2D eigenvalue weighted by Gasteiger charge is 2.17. The molecule has 3 aromatic rings. The van der Waals surface area contributed by atoms with E-state index < -0.39 is 0 Å². The van der Waals surface area contributed by atoms with Crippen molar-refractivity contribution in [1.82, 2.24) is 15.0 Å². The zero-order valence-electron chi connectivity index (χ0n) is 14.4. The number of aromatic nitrogens is 2. The van der Waals surface area contributed by atoms with E-state index in [-0.39, 0.29) is 5.82 Å². The van der Waals surface area contributed by atoms with Crippen molar-refractivity contribution in [3.63, 3.8) is 0 Å². The van der Waals surface area contributed by atoms with E-state index in [1.807, 2.05) is 33.2 Å². The van der Waals surface area contributed by atoms with E-state index in [4.69, 9.17) is 10.3 Å². The van der Waals surface area contributed by atoms with E-state index in [1.165, 1.54) is 5.56 Å². The van der Waals surface area contributed by atoms with Crippen molar-refractivity contribution >= 4 is 17.2 Å². The van der Waals surface area contributed by atoms with Gasteiger partial charge in [0.25, 0.3) is 0 Å². The number of anilines is 1. The van der Waals surface area contributed by atoms with E-state index in [0.29, 0.717) is 16.9 Å². The summed E-state index contributed by atoms with van der Waals surface area (Å²) in [7, 11) is 4.06. The van der Waals surface area contributed by atoms with Crippen LogP contribution in [0.5, 0.6) is 0 Å². The molecule has 0 atom stereocenters. The Morgan fingerprint density at radius 2 is 2.12 bits per heavy atom. The van der Waals surface area contributed by atoms with Gasteiger partial charge in [0.05, 0.1) is 16.3 Å². The Morgan fingerprint density at radius 1 is 1.32 bits per heavy atom. The lowest BCUT2D eigenvalue weighted by Crippen LogP contribution is -2.09. The van der Waals surface area contributed by atoms with Gasteiger partial charge < -0.3 is 15.2 Å². The first-order valence-electron chi connectivity index (χ1n) is 7.91. The van der Waals surface area contributed by atoms with Crippen molar-refractivity contribution in [3.8, 4) is 28.0 Å². The smallest absolute Gasteiger partial charge is 0.168 e. The highest BCUT2D eigenvalue weighted by molar-refractivity contribution is 7.13. The molecule has 0 saturated carbocycles. The van der Waals surface area contributed by atoms with E-state index in [9.17, 15) is 5.26 Å². The van der Waals surface area contributed by atoms with Crippen LogP contribution in [0.25, 0.3) is 21.9 Å². The first-order valence-corrected chi connectivity index (χ1v) is 8.78. The Labute approximate surface area is 150 Å². The summed E-state index contributed by atoms with van der Waals surface area (Å²) >= 11 is 1.61. The van der Waals surface area contributed by atoms with Crippen molar-refractivity contribution in [2.45, 2.75) is 19.9 Å². The van der Waals surface area contributed by atoms with Gasteiger partial charge in [-0.05, 0) is 43.6 Å². The van der Waals surface area contributed by atoms with Crippen LogP contribution in [-0.4, -0.2) is 29.1 Å². The minimum atomic E-state index is 0.201. The molecule has 0 amide bonds. The van der Waals surface area contributed by atoms with Crippen LogP contribution in [-0.2, 0) is 13.0 Å². The van der Waals surface area contributed by atoms with Gasteiger partial charge in [-0.15, -0.1) is 11.3 Å². The molecule has 25 heavy (non-hydrogen) atoms. The fraction of sp³-hybridized carbons (Fsp3) is 0.278. The number of nitrogens with two attached hydrogens (primary N) is 1. The van der Waals surface area contributed by atoms with Gasteiger partial charge in [-0.2, -0.15) is 5.26 Å². The fourth-order valence-electron chi connectivity index (χ4n) is 2.57. The lowest BCUT2D eigenvalue weighted by Gasteiger charge is -2.07. The Balaban J connectivity index is 2.07. The molecule has 0 spiro atoms. The SMILES string of the molecule is CCc1cc(-c2cc(-c3cc(CN(C)C)cs3)nc(N)c2C#N)on1. The van der Waals surface area contributed by atoms with Crippen LogP contribution in [0.3, 0.4) is 0 Å². The largest absolute Gasteiger partial charge is 0.383 e. The summed E-state index contributed by atoms with van der Waals surface area (Å²) < 4.78 is 5.40. The predicted octanol–water partition coefficient (Wildman–Crippen LogP) is 3.54. The first-order chi connectivity index (χ1) is 12.0. The molecule has 0 saturated heterocycles. The molecule has 3 rings (SSSR count). The van der Waals surface area contributed by atoms with Gasteiger partial charge in [0.2, 0.25) is 0 Å². The maximum Gasteiger partial charge on any atom is 0.168 e. The van der Waals surface area contributed by atoms with Gasteiger partial charge in [0.15, 0.2) is 5.76 Å². The van der Waals surface area contributed by atoms with Gasteiger partial charge in [-0.1, -0.05) is 12.1 Å². The quantitative estimate of drug-likeness (QED) is 0.754. The Hall–Kier alpha value is -2.69. The summed E-state index contributed by atoms with van der Waals surface area (Å²) in [6.45, 7) is 2.86. The third kappa shape index (κ3) is 3.55. The van der Waals surface area contributed by atoms with E-state index in [0.717, 1.165) is 29.2 Å². The summed E-state index contributed by atoms with van der Waals surface area (Å²) in [5.74, 6) is 0.737. The Kier molecular flexibility index (Phi) is 4.83. The molecule has 0 aliphatic rings. The van der Waals surface area contributed by atoms with Crippen LogP contribution in [0.4, 0.5) is 5.82 Å². The molecule has 2 N–H and O–H groups in total. The lowest BCUT2D eigenvalue weighted by molar-refractivity contribution is 0.403. The van der Waals surface area contributed by atoms with Gasteiger partial charge in [0.1, 0.15) is 17.5 Å². The summed E-state index contributed by atoms with van der Waals surface area (Å²) in [6.07, 6.45) is 0.762. The maximum absolute atomic E-state index is 9.45. The fourth-order valence-corrected chi connectivity index (χ4v) is 3.43. The van der Waals surface area contributed by atoms with Gasteiger partial charge in [0, 0.05) is 18.2 Å². The van der Waals surface area contributed by atoms with Gasteiger partial charge in [-0.3, -0.25) is 0 Å². The number of nitriles is 1. The standard InChI is InChI=1S/C18H19N5OS/c1-4-12-6-16(24-22-12)13-7-15(21-18(20)14(13)8-19)17-5-11(10-25-17)9-23(2)3/h5-7,10H,4,9H2,1-3H3,(H2,20,21). The van der Waals surface area contributed by atoms with Crippen molar-refractivity contribution < 1.29 is 4.52 Å². The van der Waals surface area contributed by atoms with Crippen LogP contribution in [0.15, 0.2) is 28.1 Å². The highest BCUT2D eigenvalue weighted by atomic mass is 32.1. The molecular weight excluding hydrogens is 334 g/mol. The van der Waals surface area contributed by atoms with E-state index >= 15 is 0 Å². The van der Waals surface area contributed by atoms with Crippen molar-refractivity contribution in [2.75, 3.05) is 19.8 Å². The van der Waals surface area contributed by atoms with Crippen molar-refractivity contribution in [3.05, 3.63) is 40.4 Å². The number of nitrogens with zero attached hydrogens (tertiary/aromatic N) is 4. The topological polar surface area (TPSA) is 92.0 Å². The van der Waals surface area contributed by atoms with Crippen molar-refractivity contribution in [1.29, 1.82) is 5.26 Å². The molecule has 0 fully saturated rings. The van der Waals surface area contributed by atoms with E-state index in [1.54, 1.807) is 11.3 Å². The molecule has 0 unspecified atom stereocenters. The molecule has 0 aromatic carbocycles. The second-order valence-corrected chi connectivity index (χ2v) is 6.93. The average molecular weight is 353 g/mol. The number of pyridine rings is 1. The Morgan fingerprint density at radius 3 is 2.76 bits per heavy atom. The lowest BCUT2D eigenvalue weighted by atomic mass is 10.0. The normalized spacial score (nSPS) is 11.0. The van der Waals surface area contributed by atoms with E-state index in [2.05, 4.69) is 32.6 Å². The molecule has 0 radical (unpaired) electrons. The first kappa shape index (κ1) is 17.1. The third-order valence-corrected chi connectivity index (χ3v) is 4.75. The molecule has 6 nitrogen and oxygen atoms in total. The van der Waals surface area contributed by atoms with Gasteiger partial charge in [-0.25, -0.2) is 4.98 Å². The molecule has 0 aliphatic carbocycles. The molecule has 128 valence electrons. The van der Waals surface area contributed by atoms with Crippen LogP contribution in [0.2, 0.25) is 0 Å². The molecule has 3 heterocycles. The summed E-state index contributed by atoms with van der Waals surface area (Å²) in [4.78, 5) is 7.52. The molecule has 7 heteroatoms. The number of rotatable bonds is 5. The minimum absolute atomic E-state index is 0.201. The molecule has 0 aliphatic heterocycles. The zero-order valence-corrected chi connectivity index (χ0v) is 15.2. The van der Waals surface area contributed by atoms with Crippen LogP contribution in [0.1, 0.15) is 23.7 Å². The molecular formula is C18H19N5OS. The maximum atomic E-state index is 9.45. The minimum Gasteiger partial charge on any atom is -0.383 e. The summed E-state index contributed by atoms with van der Waals surface area (Å²) in [6, 6.07) is 7.90. The third-order valence-electron chi connectivity index (χ3n) is 3.75. The van der Waals surface area contributed by atoms with Crippen LogP contribution >= 0.6 is 11.3 Å². The second kappa shape index (κ2) is 7.05. The summed E-state index contributed by atoms with van der Waals surface area (Å²) in [5, 5.41) is 15.6. The average Bonchev–Trinajstić information content (AvgIpc) is 3.22. The second-order valence-electron chi connectivity index (χ2n) is 6.02. The predicted molar refractivity (Wildman–Crippen MR) is 98.9 cm³/mol. The van der Waals surface area contributed by atoms with Crippen molar-refractivity contribution in [2.24, 2.45) is 0 Å². The number of hydrogen-bond donors (Lipinski definition) is 1. The monoisotopic (exact) mass is 353 g/mol. The zero-order chi connectivity index (χ0) is 18.0. The Bertz CT molecular complexity index is 935. The number of aryl methyl sites for hydroxylation is 1. The number of thiophene rings is 1. The van der Waals surface area contributed by atoms with Gasteiger partial charge >= 0.3 is 0 Å².